The molecule has 0 saturated carbocycles. The van der Waals surface area contributed by atoms with Crippen molar-refractivity contribution in [2.75, 3.05) is 13.2 Å². The third kappa shape index (κ3) is 18.3. The minimum Gasteiger partial charge on any atom is -0.490 e. The van der Waals surface area contributed by atoms with E-state index in [1.165, 1.54) is 116 Å². The number of hydrazone groups is 1. The van der Waals surface area contributed by atoms with E-state index in [0.29, 0.717) is 0 Å². The van der Waals surface area contributed by atoms with Gasteiger partial charge >= 0.3 is 0 Å². The van der Waals surface area contributed by atoms with Crippen LogP contribution >= 0.6 is 0 Å². The fourth-order valence-corrected chi connectivity index (χ4v) is 4.47. The maximum Gasteiger partial charge on any atom is 0.161 e. The molecule has 0 aliphatic heterocycles. The first-order chi connectivity index (χ1) is 17.3. The van der Waals surface area contributed by atoms with Gasteiger partial charge in [0.25, 0.3) is 0 Å². The predicted molar refractivity (Wildman–Crippen MR) is 153 cm³/mol. The molecule has 1 aromatic carbocycles. The lowest BCUT2D eigenvalue weighted by Gasteiger charge is -2.14. The van der Waals surface area contributed by atoms with Crippen molar-refractivity contribution >= 4 is 6.21 Å². The average Bonchev–Trinajstić information content (AvgIpc) is 2.87. The van der Waals surface area contributed by atoms with Crippen LogP contribution in [0.4, 0.5) is 0 Å². The van der Waals surface area contributed by atoms with Crippen LogP contribution in [0.2, 0.25) is 0 Å². The van der Waals surface area contributed by atoms with Crippen LogP contribution in [-0.2, 0) is 0 Å². The van der Waals surface area contributed by atoms with Gasteiger partial charge in [0, 0.05) is 0 Å². The lowest BCUT2D eigenvalue weighted by molar-refractivity contribution is 0.258. The smallest absolute Gasteiger partial charge is 0.161 e. The van der Waals surface area contributed by atoms with E-state index in [0.717, 1.165) is 43.1 Å². The standard InChI is InChI=1S/C31H56N2O2/c1-3-5-7-9-11-13-15-17-19-21-25-34-30-24-23-29(28-33-32)27-31(30)35-26-22-20-18-16-14-12-10-8-6-4-2/h23-24,27-28H,3-22,25-26,32H2,1-2H3. The van der Waals surface area contributed by atoms with Gasteiger partial charge in [0.05, 0.1) is 19.4 Å². The highest BCUT2D eigenvalue weighted by Crippen LogP contribution is 2.29. The molecule has 2 N–H and O–H groups in total. The number of nitrogens with two attached hydrogens (primary N) is 1. The van der Waals surface area contributed by atoms with Crippen LogP contribution in [0.15, 0.2) is 23.3 Å². The zero-order valence-electron chi connectivity index (χ0n) is 23.2. The predicted octanol–water partition coefficient (Wildman–Crippen LogP) is 9.58. The van der Waals surface area contributed by atoms with Crippen LogP contribution < -0.4 is 15.3 Å². The Morgan fingerprint density at radius 1 is 0.571 bits per heavy atom. The molecule has 1 aromatic rings. The number of nitrogens with zero attached hydrogens (tertiary/aromatic N) is 1. The van der Waals surface area contributed by atoms with Crippen molar-refractivity contribution in [1.29, 1.82) is 0 Å². The molecule has 0 bridgehead atoms. The molecule has 4 nitrogen and oxygen atoms in total. The Morgan fingerprint density at radius 3 is 1.40 bits per heavy atom. The largest absolute Gasteiger partial charge is 0.490 e. The summed E-state index contributed by atoms with van der Waals surface area (Å²) in [6, 6.07) is 5.96. The molecule has 0 aromatic heterocycles. The van der Waals surface area contributed by atoms with E-state index in [1.807, 2.05) is 18.2 Å². The summed E-state index contributed by atoms with van der Waals surface area (Å²) in [6.07, 6.45) is 28.2. The monoisotopic (exact) mass is 488 g/mol. The van der Waals surface area contributed by atoms with E-state index >= 15 is 0 Å². The molecule has 0 fully saturated rings. The molecule has 0 unspecified atom stereocenters. The summed E-state index contributed by atoms with van der Waals surface area (Å²) < 4.78 is 12.2. The Hall–Kier alpha value is -1.71. The molecule has 0 spiro atoms. The number of rotatable bonds is 25. The molecule has 0 atom stereocenters. The minimum absolute atomic E-state index is 0.730. The average molecular weight is 489 g/mol. The van der Waals surface area contributed by atoms with Gasteiger partial charge < -0.3 is 15.3 Å². The van der Waals surface area contributed by atoms with Crippen molar-refractivity contribution < 1.29 is 9.47 Å². The van der Waals surface area contributed by atoms with Gasteiger partial charge in [-0.25, -0.2) is 0 Å². The maximum atomic E-state index is 6.12. The Labute approximate surface area is 217 Å². The molecule has 0 heterocycles. The van der Waals surface area contributed by atoms with Crippen LogP contribution in [0.1, 0.15) is 148 Å². The third-order valence-corrected chi connectivity index (χ3v) is 6.70. The zero-order valence-corrected chi connectivity index (χ0v) is 23.2. The lowest BCUT2D eigenvalue weighted by Crippen LogP contribution is -2.03. The number of unbranched alkanes of at least 4 members (excludes halogenated alkanes) is 18. The van der Waals surface area contributed by atoms with Gasteiger partial charge in [0.2, 0.25) is 0 Å². The Bertz CT molecular complexity index is 618. The van der Waals surface area contributed by atoms with Crippen molar-refractivity contribution in [2.24, 2.45) is 10.9 Å². The molecule has 0 radical (unpaired) electrons. The molecular weight excluding hydrogens is 432 g/mol. The highest BCUT2D eigenvalue weighted by Gasteiger charge is 2.07. The topological polar surface area (TPSA) is 56.8 Å². The summed E-state index contributed by atoms with van der Waals surface area (Å²) in [5, 5.41) is 3.65. The summed E-state index contributed by atoms with van der Waals surface area (Å²) in [5.41, 5.74) is 0.942. The highest BCUT2D eigenvalue weighted by atomic mass is 16.5. The summed E-state index contributed by atoms with van der Waals surface area (Å²) >= 11 is 0. The summed E-state index contributed by atoms with van der Waals surface area (Å²) in [4.78, 5) is 0. The van der Waals surface area contributed by atoms with Crippen molar-refractivity contribution in [3.63, 3.8) is 0 Å². The first kappa shape index (κ1) is 31.3. The van der Waals surface area contributed by atoms with Crippen molar-refractivity contribution in [3.8, 4) is 11.5 Å². The summed E-state index contributed by atoms with van der Waals surface area (Å²) in [6.45, 7) is 6.03. The quantitative estimate of drug-likeness (QED) is 0.0645. The molecule has 0 aliphatic carbocycles. The van der Waals surface area contributed by atoms with Gasteiger partial charge in [-0.2, -0.15) is 5.10 Å². The van der Waals surface area contributed by atoms with Gasteiger partial charge in [-0.15, -0.1) is 0 Å². The Balaban J connectivity index is 2.20. The van der Waals surface area contributed by atoms with E-state index < -0.39 is 0 Å². The lowest BCUT2D eigenvalue weighted by atomic mass is 10.1. The van der Waals surface area contributed by atoms with E-state index in [-0.39, 0.29) is 0 Å². The van der Waals surface area contributed by atoms with Crippen molar-refractivity contribution in [2.45, 2.75) is 142 Å². The summed E-state index contributed by atoms with van der Waals surface area (Å²) in [7, 11) is 0. The van der Waals surface area contributed by atoms with Gasteiger partial charge in [-0.1, -0.05) is 129 Å². The number of hydrogen-bond donors (Lipinski definition) is 1. The van der Waals surface area contributed by atoms with Gasteiger partial charge in [-0.3, -0.25) is 0 Å². The second-order valence-corrected chi connectivity index (χ2v) is 10.0. The maximum absolute atomic E-state index is 6.12. The van der Waals surface area contributed by atoms with Crippen molar-refractivity contribution in [1.82, 2.24) is 0 Å². The Kier molecular flexibility index (Phi) is 21.5. The number of benzene rings is 1. The number of ether oxygens (including phenoxy) is 2. The third-order valence-electron chi connectivity index (χ3n) is 6.70. The Morgan fingerprint density at radius 2 is 0.971 bits per heavy atom. The molecule has 0 aliphatic rings. The van der Waals surface area contributed by atoms with E-state index in [2.05, 4.69) is 18.9 Å². The second kappa shape index (κ2) is 24.0. The van der Waals surface area contributed by atoms with E-state index in [9.17, 15) is 0 Å². The molecule has 202 valence electrons. The van der Waals surface area contributed by atoms with E-state index in [1.54, 1.807) is 6.21 Å². The van der Waals surface area contributed by atoms with Crippen LogP contribution in [0.25, 0.3) is 0 Å². The van der Waals surface area contributed by atoms with Crippen LogP contribution in [-0.4, -0.2) is 19.4 Å². The SMILES string of the molecule is CCCCCCCCCCCCOc1ccc(C=NN)cc1OCCCCCCCCCCCC. The highest BCUT2D eigenvalue weighted by molar-refractivity contribution is 5.80. The molecule has 1 rings (SSSR count). The normalized spacial score (nSPS) is 11.4. The zero-order chi connectivity index (χ0) is 25.2. The first-order valence-electron chi connectivity index (χ1n) is 14.9. The van der Waals surface area contributed by atoms with Gasteiger partial charge in [0.15, 0.2) is 11.5 Å². The first-order valence-corrected chi connectivity index (χ1v) is 14.9. The second-order valence-electron chi connectivity index (χ2n) is 10.0. The van der Waals surface area contributed by atoms with Crippen LogP contribution in [0.5, 0.6) is 11.5 Å². The fraction of sp³-hybridized carbons (Fsp3) is 0.774. The molecule has 0 saturated heterocycles. The van der Waals surface area contributed by atoms with E-state index in [4.69, 9.17) is 15.3 Å². The van der Waals surface area contributed by atoms with Crippen molar-refractivity contribution in [3.05, 3.63) is 23.8 Å². The summed E-state index contributed by atoms with van der Waals surface area (Å²) in [5.74, 6) is 6.98. The molecule has 35 heavy (non-hydrogen) atoms. The fourth-order valence-electron chi connectivity index (χ4n) is 4.47. The molecule has 0 amide bonds. The van der Waals surface area contributed by atoms with Gasteiger partial charge in [-0.05, 0) is 36.6 Å². The van der Waals surface area contributed by atoms with Crippen LogP contribution in [0.3, 0.4) is 0 Å². The molecular formula is C31H56N2O2. The van der Waals surface area contributed by atoms with Crippen LogP contribution in [0, 0.1) is 0 Å². The molecule has 4 heteroatoms. The van der Waals surface area contributed by atoms with Gasteiger partial charge in [0.1, 0.15) is 0 Å². The number of hydrogen-bond acceptors (Lipinski definition) is 4. The minimum atomic E-state index is 0.730.